The summed E-state index contributed by atoms with van der Waals surface area (Å²) in [6.45, 7) is 0. The number of hydrogen-bond donors (Lipinski definition) is 0. The van der Waals surface area contributed by atoms with Crippen molar-refractivity contribution in [2.24, 2.45) is 0 Å². The lowest BCUT2D eigenvalue weighted by Gasteiger charge is -2.19. The van der Waals surface area contributed by atoms with Crippen LogP contribution in [-0.4, -0.2) is 15.0 Å². The molecule has 10 aromatic carbocycles. The molecule has 284 valence electrons. The number of fused-ring (bicyclic) bond motifs is 6. The van der Waals surface area contributed by atoms with Crippen LogP contribution in [0.15, 0.2) is 217 Å². The molecule has 12 aromatic rings. The molecule has 0 atom stereocenters. The summed E-state index contributed by atoms with van der Waals surface area (Å²) in [6, 6.07) is 74.6. The van der Waals surface area contributed by atoms with Crippen LogP contribution >= 0.6 is 0 Å². The van der Waals surface area contributed by atoms with E-state index in [9.17, 15) is 0 Å². The Morgan fingerprint density at radius 1 is 0.246 bits per heavy atom. The van der Waals surface area contributed by atoms with E-state index in [-0.39, 0.29) is 0 Å². The van der Waals surface area contributed by atoms with Gasteiger partial charge in [0, 0.05) is 21.9 Å². The van der Waals surface area contributed by atoms with Crippen LogP contribution in [0.3, 0.4) is 0 Å². The molecule has 4 nitrogen and oxygen atoms in total. The number of para-hydroxylation sites is 2. The summed E-state index contributed by atoms with van der Waals surface area (Å²) in [5.41, 5.74) is 11.2. The summed E-state index contributed by atoms with van der Waals surface area (Å²) < 4.78 is 6.56. The van der Waals surface area contributed by atoms with Gasteiger partial charge in [0.05, 0.1) is 5.56 Å². The summed E-state index contributed by atoms with van der Waals surface area (Å²) in [4.78, 5) is 16.0. The Bertz CT molecular complexity index is 3590. The van der Waals surface area contributed by atoms with Crippen molar-refractivity contribution >= 4 is 54.3 Å². The minimum Gasteiger partial charge on any atom is -0.455 e. The standard InChI is InChI=1S/C57H35N3O/c1-3-18-36(19-4-1)38-22-7-14-30-48(38)55-58-56(60-57(59-55)50-32-17-31-47-41-25-15-16-33-51(41)61-54(47)50)49-35-34-46(39-23-8-9-24-40(39)49)53-44-28-12-10-26-42(44)52(37-20-5-2-6-21-37)43-27-11-13-29-45(43)53/h1-35H. The van der Waals surface area contributed by atoms with Crippen LogP contribution in [0.5, 0.6) is 0 Å². The largest absolute Gasteiger partial charge is 0.455 e. The van der Waals surface area contributed by atoms with E-state index in [4.69, 9.17) is 19.4 Å². The first kappa shape index (κ1) is 34.8. The molecule has 12 rings (SSSR count). The summed E-state index contributed by atoms with van der Waals surface area (Å²) >= 11 is 0. The van der Waals surface area contributed by atoms with E-state index in [0.717, 1.165) is 66.1 Å². The van der Waals surface area contributed by atoms with Gasteiger partial charge in [0.25, 0.3) is 0 Å². The van der Waals surface area contributed by atoms with Gasteiger partial charge in [-0.3, -0.25) is 0 Å². The molecule has 0 aliphatic heterocycles. The van der Waals surface area contributed by atoms with Gasteiger partial charge >= 0.3 is 0 Å². The molecule has 0 saturated heterocycles. The summed E-state index contributed by atoms with van der Waals surface area (Å²) in [5, 5.41) is 9.11. The third-order valence-corrected chi connectivity index (χ3v) is 12.0. The number of rotatable bonds is 6. The molecule has 0 saturated carbocycles. The molecule has 0 aliphatic rings. The van der Waals surface area contributed by atoms with Crippen LogP contribution in [0.25, 0.3) is 122 Å². The number of furan rings is 1. The Kier molecular flexibility index (Phi) is 8.13. The molecule has 0 amide bonds. The van der Waals surface area contributed by atoms with Gasteiger partial charge in [0.1, 0.15) is 11.2 Å². The lowest BCUT2D eigenvalue weighted by Crippen LogP contribution is -2.02. The van der Waals surface area contributed by atoms with E-state index in [2.05, 4.69) is 176 Å². The molecule has 0 unspecified atom stereocenters. The minimum absolute atomic E-state index is 0.550. The minimum atomic E-state index is 0.550. The fraction of sp³-hybridized carbons (Fsp3) is 0. The Balaban J connectivity index is 1.12. The molecule has 0 radical (unpaired) electrons. The van der Waals surface area contributed by atoms with Crippen molar-refractivity contribution in [1.82, 2.24) is 15.0 Å². The van der Waals surface area contributed by atoms with Crippen molar-refractivity contribution in [3.05, 3.63) is 212 Å². The second-order valence-electron chi connectivity index (χ2n) is 15.4. The third-order valence-electron chi connectivity index (χ3n) is 12.0. The molecule has 0 spiro atoms. The van der Waals surface area contributed by atoms with Crippen molar-refractivity contribution in [1.29, 1.82) is 0 Å². The summed E-state index contributed by atoms with van der Waals surface area (Å²) in [6.07, 6.45) is 0. The SMILES string of the molecule is c1ccc(-c2ccccc2-c2nc(-c3ccc(-c4c5ccccc5c(-c5ccccc5)c5ccccc45)c4ccccc34)nc(-c3cccc4c3oc3ccccc34)n2)cc1. The molecule has 4 heteroatoms. The first-order chi connectivity index (χ1) is 30.3. The number of hydrogen-bond acceptors (Lipinski definition) is 4. The van der Waals surface area contributed by atoms with Gasteiger partial charge < -0.3 is 4.42 Å². The zero-order valence-corrected chi connectivity index (χ0v) is 33.0. The highest BCUT2D eigenvalue weighted by atomic mass is 16.3. The van der Waals surface area contributed by atoms with Gasteiger partial charge in [-0.1, -0.05) is 194 Å². The average Bonchev–Trinajstić information content (AvgIpc) is 3.72. The van der Waals surface area contributed by atoms with E-state index >= 15 is 0 Å². The second kappa shape index (κ2) is 14.3. The third kappa shape index (κ3) is 5.72. The second-order valence-corrected chi connectivity index (χ2v) is 15.4. The van der Waals surface area contributed by atoms with E-state index in [1.165, 1.54) is 38.2 Å². The van der Waals surface area contributed by atoms with Gasteiger partial charge in [-0.05, 0) is 83.9 Å². The first-order valence-electron chi connectivity index (χ1n) is 20.6. The van der Waals surface area contributed by atoms with Gasteiger partial charge in [0.2, 0.25) is 0 Å². The Morgan fingerprint density at radius 2 is 0.672 bits per heavy atom. The molecular formula is C57H35N3O. The quantitative estimate of drug-likeness (QED) is 0.158. The zero-order chi connectivity index (χ0) is 40.3. The van der Waals surface area contributed by atoms with Gasteiger partial charge in [-0.25, -0.2) is 15.0 Å². The maximum atomic E-state index is 6.56. The van der Waals surface area contributed by atoms with E-state index in [1.54, 1.807) is 0 Å². The molecule has 61 heavy (non-hydrogen) atoms. The average molecular weight is 778 g/mol. The van der Waals surface area contributed by atoms with Crippen LogP contribution in [0, 0.1) is 0 Å². The van der Waals surface area contributed by atoms with Crippen LogP contribution in [0.2, 0.25) is 0 Å². The monoisotopic (exact) mass is 777 g/mol. The van der Waals surface area contributed by atoms with E-state index < -0.39 is 0 Å². The maximum absolute atomic E-state index is 6.56. The molecule has 0 N–H and O–H groups in total. The predicted octanol–water partition coefficient (Wildman–Crippen LogP) is 15.2. The lowest BCUT2D eigenvalue weighted by molar-refractivity contribution is 0.669. The molecule has 0 bridgehead atoms. The smallest absolute Gasteiger partial charge is 0.167 e. The van der Waals surface area contributed by atoms with Crippen molar-refractivity contribution in [2.45, 2.75) is 0 Å². The fourth-order valence-corrected chi connectivity index (χ4v) is 9.25. The van der Waals surface area contributed by atoms with Gasteiger partial charge in [-0.15, -0.1) is 0 Å². The number of aromatic nitrogens is 3. The molecule has 2 heterocycles. The predicted molar refractivity (Wildman–Crippen MR) is 252 cm³/mol. The van der Waals surface area contributed by atoms with Gasteiger partial charge in [-0.2, -0.15) is 0 Å². The van der Waals surface area contributed by atoms with Crippen molar-refractivity contribution in [3.8, 4) is 67.5 Å². The molecule has 0 aliphatic carbocycles. The van der Waals surface area contributed by atoms with E-state index in [1.807, 2.05) is 36.4 Å². The molecule has 0 fully saturated rings. The normalized spacial score (nSPS) is 11.6. The lowest BCUT2D eigenvalue weighted by atomic mass is 9.84. The Hall–Kier alpha value is -8.21. The highest BCUT2D eigenvalue weighted by molar-refractivity contribution is 6.24. The van der Waals surface area contributed by atoms with Gasteiger partial charge in [0.15, 0.2) is 17.5 Å². The Morgan fingerprint density at radius 3 is 1.33 bits per heavy atom. The number of benzene rings is 10. The number of nitrogens with zero attached hydrogens (tertiary/aromatic N) is 3. The first-order valence-corrected chi connectivity index (χ1v) is 20.6. The van der Waals surface area contributed by atoms with Crippen molar-refractivity contribution in [2.75, 3.05) is 0 Å². The van der Waals surface area contributed by atoms with Crippen LogP contribution in [0.1, 0.15) is 0 Å². The highest BCUT2D eigenvalue weighted by Gasteiger charge is 2.22. The van der Waals surface area contributed by atoms with E-state index in [0.29, 0.717) is 17.5 Å². The summed E-state index contributed by atoms with van der Waals surface area (Å²) in [7, 11) is 0. The highest BCUT2D eigenvalue weighted by Crippen LogP contribution is 2.46. The Labute approximate surface area is 352 Å². The van der Waals surface area contributed by atoms with Crippen molar-refractivity contribution < 1.29 is 4.42 Å². The summed E-state index contributed by atoms with van der Waals surface area (Å²) in [5.74, 6) is 1.73. The van der Waals surface area contributed by atoms with Crippen molar-refractivity contribution in [3.63, 3.8) is 0 Å². The molecule has 2 aromatic heterocycles. The van der Waals surface area contributed by atoms with Crippen LogP contribution in [-0.2, 0) is 0 Å². The topological polar surface area (TPSA) is 51.8 Å². The fourth-order valence-electron chi connectivity index (χ4n) is 9.25. The van der Waals surface area contributed by atoms with Crippen LogP contribution < -0.4 is 0 Å². The maximum Gasteiger partial charge on any atom is 0.167 e. The van der Waals surface area contributed by atoms with Crippen LogP contribution in [0.4, 0.5) is 0 Å². The zero-order valence-electron chi connectivity index (χ0n) is 33.0. The molecular weight excluding hydrogens is 743 g/mol.